The van der Waals surface area contributed by atoms with E-state index in [1.807, 2.05) is 24.3 Å². The summed E-state index contributed by atoms with van der Waals surface area (Å²) >= 11 is 0. The number of carbonyl (C=O) groups is 1. The topological polar surface area (TPSA) is 54.9 Å². The van der Waals surface area contributed by atoms with E-state index in [2.05, 4.69) is 22.2 Å². The first-order valence-electron chi connectivity index (χ1n) is 7.48. The number of hydrogen-bond donors (Lipinski definition) is 1. The van der Waals surface area contributed by atoms with Gasteiger partial charge in [-0.25, -0.2) is 4.39 Å². The van der Waals surface area contributed by atoms with Gasteiger partial charge >= 0.3 is 0 Å². The van der Waals surface area contributed by atoms with E-state index in [0.29, 0.717) is 16.7 Å². The van der Waals surface area contributed by atoms with E-state index in [1.165, 1.54) is 30.1 Å². The molecule has 116 valence electrons. The van der Waals surface area contributed by atoms with Crippen LogP contribution in [0.4, 0.5) is 10.1 Å². The van der Waals surface area contributed by atoms with Crippen LogP contribution in [0.2, 0.25) is 0 Å². The van der Waals surface area contributed by atoms with E-state index in [0.717, 1.165) is 12.8 Å². The molecular formula is C18H16FN3O. The van der Waals surface area contributed by atoms with Gasteiger partial charge in [-0.2, -0.15) is 0 Å². The SMILES string of the molecule is CCCc1ccc(NC(=O)c2cc(F)cc3nccnc23)cc1. The van der Waals surface area contributed by atoms with Gasteiger partial charge in [0.05, 0.1) is 11.1 Å². The van der Waals surface area contributed by atoms with E-state index in [4.69, 9.17) is 0 Å². The van der Waals surface area contributed by atoms with Crippen LogP contribution in [0.1, 0.15) is 29.3 Å². The lowest BCUT2D eigenvalue weighted by molar-refractivity contribution is 0.102. The highest BCUT2D eigenvalue weighted by atomic mass is 19.1. The molecule has 23 heavy (non-hydrogen) atoms. The Morgan fingerprint density at radius 3 is 2.61 bits per heavy atom. The fourth-order valence-corrected chi connectivity index (χ4v) is 2.46. The van der Waals surface area contributed by atoms with E-state index >= 15 is 0 Å². The number of halogens is 1. The number of rotatable bonds is 4. The molecule has 3 rings (SSSR count). The Hall–Kier alpha value is -2.82. The zero-order chi connectivity index (χ0) is 16.2. The van der Waals surface area contributed by atoms with Crippen LogP contribution in [-0.4, -0.2) is 15.9 Å². The number of benzene rings is 2. The van der Waals surface area contributed by atoms with Crippen molar-refractivity contribution in [1.82, 2.24) is 9.97 Å². The molecule has 0 fully saturated rings. The van der Waals surface area contributed by atoms with Crippen LogP contribution in [0.3, 0.4) is 0 Å². The summed E-state index contributed by atoms with van der Waals surface area (Å²) in [6.07, 6.45) is 5.02. The minimum atomic E-state index is -0.513. The average Bonchev–Trinajstić information content (AvgIpc) is 2.56. The van der Waals surface area contributed by atoms with Gasteiger partial charge in [-0.3, -0.25) is 14.8 Å². The first-order valence-corrected chi connectivity index (χ1v) is 7.48. The Balaban J connectivity index is 1.88. The minimum Gasteiger partial charge on any atom is -0.322 e. The predicted molar refractivity (Wildman–Crippen MR) is 87.9 cm³/mol. The molecule has 3 aromatic rings. The van der Waals surface area contributed by atoms with Gasteiger partial charge in [0.1, 0.15) is 11.3 Å². The molecule has 0 saturated heterocycles. The van der Waals surface area contributed by atoms with Crippen molar-refractivity contribution in [2.24, 2.45) is 0 Å². The first-order chi connectivity index (χ1) is 11.2. The van der Waals surface area contributed by atoms with Crippen LogP contribution in [-0.2, 0) is 6.42 Å². The molecule has 5 heteroatoms. The Morgan fingerprint density at radius 1 is 1.13 bits per heavy atom. The van der Waals surface area contributed by atoms with Crippen LogP contribution in [0.5, 0.6) is 0 Å². The first kappa shape index (κ1) is 15.1. The van der Waals surface area contributed by atoms with Gasteiger partial charge in [-0.15, -0.1) is 0 Å². The summed E-state index contributed by atoms with van der Waals surface area (Å²) in [6.45, 7) is 2.12. The normalized spacial score (nSPS) is 10.7. The molecule has 4 nitrogen and oxygen atoms in total. The Morgan fingerprint density at radius 2 is 1.87 bits per heavy atom. The van der Waals surface area contributed by atoms with Crippen molar-refractivity contribution in [3.8, 4) is 0 Å². The highest BCUT2D eigenvalue weighted by molar-refractivity contribution is 6.11. The second-order valence-electron chi connectivity index (χ2n) is 5.28. The third kappa shape index (κ3) is 3.34. The molecule has 1 N–H and O–H groups in total. The molecule has 0 spiro atoms. The molecule has 0 aliphatic heterocycles. The Labute approximate surface area is 133 Å². The zero-order valence-corrected chi connectivity index (χ0v) is 12.7. The fraction of sp³-hybridized carbons (Fsp3) is 0.167. The summed E-state index contributed by atoms with van der Waals surface area (Å²) in [7, 11) is 0. The van der Waals surface area contributed by atoms with Gasteiger partial charge in [-0.1, -0.05) is 25.5 Å². The van der Waals surface area contributed by atoms with Crippen molar-refractivity contribution in [2.75, 3.05) is 5.32 Å². The summed E-state index contributed by atoms with van der Waals surface area (Å²) in [4.78, 5) is 20.6. The van der Waals surface area contributed by atoms with Crippen LogP contribution in [0.15, 0.2) is 48.8 Å². The van der Waals surface area contributed by atoms with Gasteiger partial charge in [0.15, 0.2) is 0 Å². The molecule has 1 amide bonds. The maximum atomic E-state index is 13.7. The van der Waals surface area contributed by atoms with Gasteiger partial charge in [-0.05, 0) is 30.2 Å². The predicted octanol–water partition coefficient (Wildman–Crippen LogP) is 3.97. The monoisotopic (exact) mass is 309 g/mol. The highest BCUT2D eigenvalue weighted by Gasteiger charge is 2.14. The molecule has 0 atom stereocenters. The van der Waals surface area contributed by atoms with E-state index < -0.39 is 11.7 Å². The molecule has 1 heterocycles. The zero-order valence-electron chi connectivity index (χ0n) is 12.7. The summed E-state index contributed by atoms with van der Waals surface area (Å²) in [5.41, 5.74) is 2.79. The largest absolute Gasteiger partial charge is 0.322 e. The number of nitrogens with zero attached hydrogens (tertiary/aromatic N) is 2. The number of amides is 1. The molecule has 0 unspecified atom stereocenters. The Kier molecular flexibility index (Phi) is 4.28. The molecule has 0 saturated carbocycles. The maximum Gasteiger partial charge on any atom is 0.258 e. The fourth-order valence-electron chi connectivity index (χ4n) is 2.46. The lowest BCUT2D eigenvalue weighted by Gasteiger charge is -2.08. The third-order valence-electron chi connectivity index (χ3n) is 3.53. The summed E-state index contributed by atoms with van der Waals surface area (Å²) in [6, 6.07) is 10.1. The van der Waals surface area contributed by atoms with Crippen LogP contribution < -0.4 is 5.32 Å². The second kappa shape index (κ2) is 6.52. The number of aryl methyl sites for hydroxylation is 1. The van der Waals surface area contributed by atoms with Crippen molar-refractivity contribution < 1.29 is 9.18 Å². The number of hydrogen-bond acceptors (Lipinski definition) is 3. The highest BCUT2D eigenvalue weighted by Crippen LogP contribution is 2.19. The smallest absolute Gasteiger partial charge is 0.258 e. The van der Waals surface area contributed by atoms with Crippen molar-refractivity contribution >= 4 is 22.6 Å². The summed E-state index contributed by atoms with van der Waals surface area (Å²) < 4.78 is 13.7. The van der Waals surface area contributed by atoms with Crippen molar-refractivity contribution in [3.63, 3.8) is 0 Å². The average molecular weight is 309 g/mol. The van der Waals surface area contributed by atoms with Gasteiger partial charge in [0.2, 0.25) is 0 Å². The van der Waals surface area contributed by atoms with Crippen molar-refractivity contribution in [2.45, 2.75) is 19.8 Å². The standard InChI is InChI=1S/C18H16FN3O/c1-2-3-12-4-6-14(7-5-12)22-18(23)15-10-13(19)11-16-17(15)21-9-8-20-16/h4-11H,2-3H2,1H3,(H,22,23). The van der Waals surface area contributed by atoms with Gasteiger partial charge < -0.3 is 5.32 Å². The van der Waals surface area contributed by atoms with Gasteiger partial charge in [0, 0.05) is 24.1 Å². The number of nitrogens with one attached hydrogen (secondary N) is 1. The minimum absolute atomic E-state index is 0.172. The second-order valence-corrected chi connectivity index (χ2v) is 5.28. The van der Waals surface area contributed by atoms with E-state index in [9.17, 15) is 9.18 Å². The molecule has 0 bridgehead atoms. The molecule has 0 aliphatic rings. The lowest BCUT2D eigenvalue weighted by atomic mass is 10.1. The maximum absolute atomic E-state index is 13.7. The molecular weight excluding hydrogens is 293 g/mol. The van der Waals surface area contributed by atoms with E-state index in [1.54, 1.807) is 0 Å². The van der Waals surface area contributed by atoms with Crippen molar-refractivity contribution in [3.05, 3.63) is 65.7 Å². The number of anilines is 1. The quantitative estimate of drug-likeness (QED) is 0.793. The van der Waals surface area contributed by atoms with Crippen LogP contribution in [0, 0.1) is 5.82 Å². The Bertz CT molecular complexity index is 847. The molecule has 2 aromatic carbocycles. The lowest BCUT2D eigenvalue weighted by Crippen LogP contribution is -2.13. The summed E-state index contributed by atoms with van der Waals surface area (Å²) in [5, 5.41) is 2.77. The molecule has 0 radical (unpaired) electrons. The number of aromatic nitrogens is 2. The molecule has 0 aliphatic carbocycles. The number of fused-ring (bicyclic) bond motifs is 1. The third-order valence-corrected chi connectivity index (χ3v) is 3.53. The van der Waals surface area contributed by atoms with Crippen LogP contribution in [0.25, 0.3) is 11.0 Å². The van der Waals surface area contributed by atoms with Gasteiger partial charge in [0.25, 0.3) is 5.91 Å². The van der Waals surface area contributed by atoms with Crippen molar-refractivity contribution in [1.29, 1.82) is 0 Å². The van der Waals surface area contributed by atoms with E-state index in [-0.39, 0.29) is 5.56 Å². The summed E-state index contributed by atoms with van der Waals surface area (Å²) in [5.74, 6) is -0.917. The number of carbonyl (C=O) groups excluding carboxylic acids is 1. The van der Waals surface area contributed by atoms with Crippen LogP contribution >= 0.6 is 0 Å². The molecule has 1 aromatic heterocycles.